The first-order chi connectivity index (χ1) is 13.4. The highest BCUT2D eigenvalue weighted by atomic mass is 127. The molecule has 0 atom stereocenters. The Bertz CT molecular complexity index is 1210. The summed E-state index contributed by atoms with van der Waals surface area (Å²) in [6, 6.07) is 15.7. The molecule has 0 aliphatic carbocycles. The lowest BCUT2D eigenvalue weighted by atomic mass is 10.1. The summed E-state index contributed by atoms with van der Waals surface area (Å²) in [5.41, 5.74) is 7.20. The maximum absolute atomic E-state index is 10.2. The molecule has 0 amide bonds. The lowest BCUT2D eigenvalue weighted by Gasteiger charge is -2.04. The van der Waals surface area contributed by atoms with Gasteiger partial charge < -0.3 is 9.52 Å². The van der Waals surface area contributed by atoms with Crippen molar-refractivity contribution in [1.29, 1.82) is 0 Å². The summed E-state index contributed by atoms with van der Waals surface area (Å²) in [5.74, 6) is 0.864. The molecule has 4 nitrogen and oxygen atoms in total. The molecule has 0 radical (unpaired) electrons. The Morgan fingerprint density at radius 2 is 1.75 bits per heavy atom. The van der Waals surface area contributed by atoms with Crippen molar-refractivity contribution >= 4 is 45.6 Å². The van der Waals surface area contributed by atoms with Gasteiger partial charge in [0.2, 0.25) is 5.89 Å². The number of aromatic hydroxyl groups is 1. The number of fused-ring (bicyclic) bond motifs is 1. The second-order valence-corrected chi connectivity index (χ2v) is 8.16. The highest BCUT2D eigenvalue weighted by Gasteiger charge is 2.11. The van der Waals surface area contributed by atoms with Crippen molar-refractivity contribution in [2.45, 2.75) is 20.8 Å². The molecule has 3 aromatic carbocycles. The first-order valence-electron chi connectivity index (χ1n) is 8.92. The van der Waals surface area contributed by atoms with Gasteiger partial charge in [0.15, 0.2) is 5.58 Å². The Balaban J connectivity index is 1.62. The van der Waals surface area contributed by atoms with Crippen LogP contribution in [-0.4, -0.2) is 16.3 Å². The van der Waals surface area contributed by atoms with Crippen LogP contribution < -0.4 is 0 Å². The summed E-state index contributed by atoms with van der Waals surface area (Å²) in [6.07, 6.45) is 1.69. The molecule has 4 rings (SSSR count). The van der Waals surface area contributed by atoms with E-state index in [1.54, 1.807) is 6.21 Å². The van der Waals surface area contributed by atoms with Crippen LogP contribution >= 0.6 is 22.6 Å². The number of aromatic nitrogens is 1. The average molecular weight is 482 g/mol. The molecule has 0 saturated heterocycles. The number of nitrogens with zero attached hydrogens (tertiary/aromatic N) is 2. The van der Waals surface area contributed by atoms with E-state index in [2.05, 4.69) is 45.6 Å². The zero-order valence-corrected chi connectivity index (χ0v) is 18.0. The fourth-order valence-corrected chi connectivity index (χ4v) is 4.00. The van der Waals surface area contributed by atoms with Gasteiger partial charge in [0.1, 0.15) is 11.3 Å². The molecule has 1 aromatic heterocycles. The minimum Gasteiger partial charge on any atom is -0.507 e. The summed E-state index contributed by atoms with van der Waals surface area (Å²) in [4.78, 5) is 9.10. The fraction of sp³-hybridized carbons (Fsp3) is 0.130. The molecular weight excluding hydrogens is 463 g/mol. The third-order valence-electron chi connectivity index (χ3n) is 4.58. The molecule has 140 valence electrons. The van der Waals surface area contributed by atoms with E-state index in [-0.39, 0.29) is 5.75 Å². The van der Waals surface area contributed by atoms with Crippen molar-refractivity contribution < 1.29 is 9.52 Å². The van der Waals surface area contributed by atoms with Crippen LogP contribution in [-0.2, 0) is 0 Å². The third-order valence-corrected chi connectivity index (χ3v) is 5.20. The van der Waals surface area contributed by atoms with Gasteiger partial charge in [0.25, 0.3) is 0 Å². The van der Waals surface area contributed by atoms with Crippen molar-refractivity contribution in [2.75, 3.05) is 0 Å². The van der Waals surface area contributed by atoms with Gasteiger partial charge in [-0.15, -0.1) is 0 Å². The predicted molar refractivity (Wildman–Crippen MR) is 122 cm³/mol. The van der Waals surface area contributed by atoms with E-state index in [9.17, 15) is 5.11 Å². The van der Waals surface area contributed by atoms with Gasteiger partial charge in [-0.05, 0) is 103 Å². The second-order valence-electron chi connectivity index (χ2n) is 6.91. The first-order valence-corrected chi connectivity index (χ1v) is 10.00. The van der Waals surface area contributed by atoms with Crippen LogP contribution in [0.5, 0.6) is 5.75 Å². The van der Waals surface area contributed by atoms with Crippen molar-refractivity contribution in [3.63, 3.8) is 0 Å². The van der Waals surface area contributed by atoms with Crippen LogP contribution in [0, 0.1) is 24.3 Å². The van der Waals surface area contributed by atoms with Crippen LogP contribution in [0.1, 0.15) is 22.3 Å². The quantitative estimate of drug-likeness (QED) is 0.269. The van der Waals surface area contributed by atoms with Crippen molar-refractivity contribution in [1.82, 2.24) is 4.98 Å². The third kappa shape index (κ3) is 3.67. The van der Waals surface area contributed by atoms with E-state index < -0.39 is 0 Å². The van der Waals surface area contributed by atoms with E-state index in [1.165, 1.54) is 5.56 Å². The first kappa shape index (κ1) is 18.7. The maximum atomic E-state index is 10.2. The monoisotopic (exact) mass is 482 g/mol. The highest BCUT2D eigenvalue weighted by Crippen LogP contribution is 2.29. The van der Waals surface area contributed by atoms with Gasteiger partial charge in [-0.2, -0.15) is 0 Å². The van der Waals surface area contributed by atoms with Gasteiger partial charge >= 0.3 is 0 Å². The number of aryl methyl sites for hydroxylation is 3. The van der Waals surface area contributed by atoms with Crippen molar-refractivity contribution in [2.24, 2.45) is 4.99 Å². The molecule has 0 aliphatic rings. The van der Waals surface area contributed by atoms with E-state index >= 15 is 0 Å². The van der Waals surface area contributed by atoms with E-state index in [0.717, 1.165) is 37.0 Å². The molecule has 28 heavy (non-hydrogen) atoms. The lowest BCUT2D eigenvalue weighted by molar-refractivity contribution is 0.470. The number of phenols is 1. The van der Waals surface area contributed by atoms with Crippen LogP contribution in [0.2, 0.25) is 0 Å². The number of halogens is 1. The molecule has 1 N–H and O–H groups in total. The van der Waals surface area contributed by atoms with Gasteiger partial charge in [-0.1, -0.05) is 6.07 Å². The Morgan fingerprint density at radius 1 is 1.00 bits per heavy atom. The SMILES string of the molecule is Cc1cc(C)c2oc(-c3ccc(N=Cc4cc(I)cc(C)c4O)cc3)nc2c1. The number of phenolic OH excluding ortho intramolecular Hbond substituents is 1. The van der Waals surface area contributed by atoms with Gasteiger partial charge in [-0.3, -0.25) is 4.99 Å². The molecule has 0 aliphatic heterocycles. The number of hydrogen-bond acceptors (Lipinski definition) is 4. The highest BCUT2D eigenvalue weighted by molar-refractivity contribution is 14.1. The number of benzene rings is 3. The summed E-state index contributed by atoms with van der Waals surface area (Å²) in [6.45, 7) is 5.97. The van der Waals surface area contributed by atoms with Crippen LogP contribution in [0.25, 0.3) is 22.6 Å². The zero-order chi connectivity index (χ0) is 19.8. The average Bonchev–Trinajstić information content (AvgIpc) is 3.08. The number of oxazole rings is 1. The molecule has 0 spiro atoms. The van der Waals surface area contributed by atoms with Crippen LogP contribution in [0.15, 0.2) is 57.9 Å². The topological polar surface area (TPSA) is 58.6 Å². The normalized spacial score (nSPS) is 11.6. The van der Waals surface area contributed by atoms with Gasteiger partial charge in [-0.25, -0.2) is 4.98 Å². The van der Waals surface area contributed by atoms with Crippen LogP contribution in [0.4, 0.5) is 5.69 Å². The predicted octanol–water partition coefficient (Wildman–Crippen LogP) is 6.48. The molecule has 5 heteroatoms. The van der Waals surface area contributed by atoms with E-state index in [1.807, 2.05) is 56.3 Å². The largest absolute Gasteiger partial charge is 0.507 e. The van der Waals surface area contributed by atoms with Crippen molar-refractivity contribution in [3.05, 3.63) is 74.4 Å². The molecular formula is C23H19IN2O2. The van der Waals surface area contributed by atoms with E-state index in [4.69, 9.17) is 4.42 Å². The van der Waals surface area contributed by atoms with Gasteiger partial charge in [0.05, 0.1) is 5.69 Å². The second kappa shape index (κ2) is 7.39. The standard InChI is InChI=1S/C23H19IN2O2/c1-13-8-15(3)22-20(9-13)26-23(28-22)16-4-6-19(7-5-16)25-12-17-11-18(24)10-14(2)21(17)27/h4-12,27H,1-3H3. The molecule has 0 unspecified atom stereocenters. The maximum Gasteiger partial charge on any atom is 0.227 e. The Kier molecular flexibility index (Phi) is 4.93. The number of rotatable bonds is 3. The Morgan fingerprint density at radius 3 is 2.50 bits per heavy atom. The zero-order valence-electron chi connectivity index (χ0n) is 15.8. The number of hydrogen-bond donors (Lipinski definition) is 1. The summed E-state index contributed by atoms with van der Waals surface area (Å²) >= 11 is 2.23. The molecule has 0 fully saturated rings. The Hall–Kier alpha value is -2.67. The van der Waals surface area contributed by atoms with E-state index in [0.29, 0.717) is 11.5 Å². The minimum atomic E-state index is 0.262. The van der Waals surface area contributed by atoms with Crippen molar-refractivity contribution in [3.8, 4) is 17.2 Å². The fourth-order valence-electron chi connectivity index (χ4n) is 3.19. The lowest BCUT2D eigenvalue weighted by Crippen LogP contribution is -1.87. The summed E-state index contributed by atoms with van der Waals surface area (Å²) in [7, 11) is 0. The molecule has 4 aromatic rings. The summed E-state index contributed by atoms with van der Waals surface area (Å²) < 4.78 is 7.03. The number of aliphatic imine (C=N–C) groups is 1. The Labute approximate surface area is 177 Å². The molecule has 0 saturated carbocycles. The van der Waals surface area contributed by atoms with Gasteiger partial charge in [0, 0.05) is 20.9 Å². The molecule has 1 heterocycles. The van der Waals surface area contributed by atoms with Crippen LogP contribution in [0.3, 0.4) is 0 Å². The molecule has 0 bridgehead atoms. The minimum absolute atomic E-state index is 0.262. The summed E-state index contributed by atoms with van der Waals surface area (Å²) in [5, 5.41) is 10.2. The smallest absolute Gasteiger partial charge is 0.227 e.